The Kier molecular flexibility index (Phi) is 3.23. The average Bonchev–Trinajstić information content (AvgIpc) is 2.75. The Labute approximate surface area is 81.7 Å². The first-order valence-electron chi connectivity index (χ1n) is 5.75. The van der Waals surface area contributed by atoms with Crippen LogP contribution in [0, 0.1) is 11.8 Å². The molecule has 2 aliphatic rings. The molecule has 0 saturated carbocycles. The topological polar surface area (TPSA) is 0 Å². The van der Waals surface area contributed by atoms with Crippen molar-refractivity contribution in [1.82, 2.24) is 0 Å². The van der Waals surface area contributed by atoms with E-state index in [2.05, 4.69) is 24.3 Å². The molecule has 0 saturated heterocycles. The lowest BCUT2D eigenvalue weighted by Crippen LogP contribution is -1.98. The van der Waals surface area contributed by atoms with Gasteiger partial charge < -0.3 is 0 Å². The first-order chi connectivity index (χ1) is 6.45. The smallest absolute Gasteiger partial charge is 0.0319 e. The summed E-state index contributed by atoms with van der Waals surface area (Å²) < 4.78 is 0. The molecule has 0 unspecified atom stereocenters. The fourth-order valence-corrected chi connectivity index (χ4v) is 2.51. The van der Waals surface area contributed by atoms with Crippen molar-refractivity contribution in [3.63, 3.8) is 0 Å². The van der Waals surface area contributed by atoms with Crippen LogP contribution in [-0.2, 0) is 0 Å². The van der Waals surface area contributed by atoms with Gasteiger partial charge in [-0.05, 0) is 50.4 Å². The predicted molar refractivity (Wildman–Crippen MR) is 57.6 cm³/mol. The van der Waals surface area contributed by atoms with Gasteiger partial charge in [-0.2, -0.15) is 0 Å². The van der Waals surface area contributed by atoms with Crippen molar-refractivity contribution in [2.45, 2.75) is 44.9 Å². The van der Waals surface area contributed by atoms with Crippen LogP contribution < -0.4 is 0 Å². The van der Waals surface area contributed by atoms with Crippen LogP contribution in [0.5, 0.6) is 0 Å². The number of hydrogen-bond donors (Lipinski definition) is 0. The van der Waals surface area contributed by atoms with Crippen molar-refractivity contribution in [1.29, 1.82) is 0 Å². The lowest BCUT2D eigenvalue weighted by atomic mass is 9.94. The summed E-state index contributed by atoms with van der Waals surface area (Å²) >= 11 is 0. The molecule has 0 heterocycles. The van der Waals surface area contributed by atoms with E-state index in [1.807, 2.05) is 0 Å². The van der Waals surface area contributed by atoms with Crippen LogP contribution >= 0.6 is 0 Å². The van der Waals surface area contributed by atoms with Crippen LogP contribution in [-0.4, -0.2) is 0 Å². The maximum Gasteiger partial charge on any atom is -0.0319 e. The van der Waals surface area contributed by atoms with Crippen LogP contribution in [0.1, 0.15) is 44.9 Å². The van der Waals surface area contributed by atoms with Gasteiger partial charge in [0.05, 0.1) is 0 Å². The highest BCUT2D eigenvalue weighted by Gasteiger charge is 2.13. The summed E-state index contributed by atoms with van der Waals surface area (Å²) in [4.78, 5) is 0. The lowest BCUT2D eigenvalue weighted by Gasteiger charge is -2.11. The van der Waals surface area contributed by atoms with E-state index in [4.69, 9.17) is 0 Å². The minimum atomic E-state index is 0.995. The van der Waals surface area contributed by atoms with Crippen LogP contribution in [0.25, 0.3) is 0 Å². The van der Waals surface area contributed by atoms with E-state index in [-0.39, 0.29) is 0 Å². The SMILES string of the molecule is C1=CCC(CCCC2CC=CC2)C1. The molecule has 2 aliphatic carbocycles. The van der Waals surface area contributed by atoms with Gasteiger partial charge in [0.25, 0.3) is 0 Å². The van der Waals surface area contributed by atoms with E-state index in [0.717, 1.165) is 11.8 Å². The summed E-state index contributed by atoms with van der Waals surface area (Å²) in [5.74, 6) is 1.99. The van der Waals surface area contributed by atoms with Crippen molar-refractivity contribution >= 4 is 0 Å². The number of allylic oxidation sites excluding steroid dienone is 4. The van der Waals surface area contributed by atoms with E-state index in [1.165, 1.54) is 44.9 Å². The van der Waals surface area contributed by atoms with Crippen LogP contribution in [0.3, 0.4) is 0 Å². The van der Waals surface area contributed by atoms with Gasteiger partial charge in [0.2, 0.25) is 0 Å². The zero-order valence-corrected chi connectivity index (χ0v) is 8.41. The third kappa shape index (κ3) is 2.72. The molecule has 0 N–H and O–H groups in total. The van der Waals surface area contributed by atoms with Crippen LogP contribution in [0.15, 0.2) is 24.3 Å². The van der Waals surface area contributed by atoms with Gasteiger partial charge in [-0.3, -0.25) is 0 Å². The highest BCUT2D eigenvalue weighted by Crippen LogP contribution is 2.28. The van der Waals surface area contributed by atoms with Crippen molar-refractivity contribution in [3.8, 4) is 0 Å². The van der Waals surface area contributed by atoms with Crippen LogP contribution in [0.2, 0.25) is 0 Å². The second kappa shape index (κ2) is 4.64. The Morgan fingerprint density at radius 1 is 0.692 bits per heavy atom. The molecule has 0 aromatic rings. The summed E-state index contributed by atoms with van der Waals surface area (Å²) in [5.41, 5.74) is 0. The lowest BCUT2D eigenvalue weighted by molar-refractivity contribution is 0.429. The standard InChI is InChI=1S/C13H20/c1-2-7-12(6-1)10-5-11-13-8-3-4-9-13/h1-4,12-13H,5-11H2. The van der Waals surface area contributed by atoms with E-state index in [1.54, 1.807) is 0 Å². The summed E-state index contributed by atoms with van der Waals surface area (Å²) in [6.07, 6.45) is 19.2. The molecule has 0 aromatic heterocycles. The Hall–Kier alpha value is -0.520. The predicted octanol–water partition coefficient (Wildman–Crippen LogP) is 4.09. The maximum atomic E-state index is 2.35. The fraction of sp³-hybridized carbons (Fsp3) is 0.692. The Morgan fingerprint density at radius 3 is 1.46 bits per heavy atom. The molecule has 0 radical (unpaired) electrons. The molecular weight excluding hydrogens is 156 g/mol. The van der Waals surface area contributed by atoms with E-state index in [0.29, 0.717) is 0 Å². The molecule has 72 valence electrons. The molecule has 0 amide bonds. The summed E-state index contributed by atoms with van der Waals surface area (Å²) in [5, 5.41) is 0. The Bertz CT molecular complexity index is 162. The fourth-order valence-electron chi connectivity index (χ4n) is 2.51. The van der Waals surface area contributed by atoms with Gasteiger partial charge >= 0.3 is 0 Å². The molecule has 0 atom stereocenters. The highest BCUT2D eigenvalue weighted by atomic mass is 14.2. The first-order valence-corrected chi connectivity index (χ1v) is 5.75. The molecule has 2 rings (SSSR count). The van der Waals surface area contributed by atoms with Crippen molar-refractivity contribution in [2.75, 3.05) is 0 Å². The third-order valence-electron chi connectivity index (χ3n) is 3.44. The largest absolute Gasteiger partial charge is 0.0882 e. The van der Waals surface area contributed by atoms with E-state index in [9.17, 15) is 0 Å². The van der Waals surface area contributed by atoms with Crippen molar-refractivity contribution in [2.24, 2.45) is 11.8 Å². The normalized spacial score (nSPS) is 23.4. The van der Waals surface area contributed by atoms with E-state index >= 15 is 0 Å². The minimum absolute atomic E-state index is 0.995. The quantitative estimate of drug-likeness (QED) is 0.566. The zero-order chi connectivity index (χ0) is 8.93. The van der Waals surface area contributed by atoms with Gasteiger partial charge in [-0.25, -0.2) is 0 Å². The monoisotopic (exact) mass is 176 g/mol. The molecule has 13 heavy (non-hydrogen) atoms. The molecule has 0 heteroatoms. The number of hydrogen-bond acceptors (Lipinski definition) is 0. The van der Waals surface area contributed by atoms with Crippen LogP contribution in [0.4, 0.5) is 0 Å². The molecule has 0 fully saturated rings. The molecular formula is C13H20. The van der Waals surface area contributed by atoms with Gasteiger partial charge in [0.1, 0.15) is 0 Å². The average molecular weight is 176 g/mol. The molecule has 0 nitrogen and oxygen atoms in total. The number of rotatable bonds is 4. The Morgan fingerprint density at radius 2 is 1.08 bits per heavy atom. The Balaban J connectivity index is 1.53. The van der Waals surface area contributed by atoms with Gasteiger partial charge in [-0.15, -0.1) is 0 Å². The molecule has 0 aromatic carbocycles. The highest BCUT2D eigenvalue weighted by molar-refractivity contribution is 4.95. The van der Waals surface area contributed by atoms with Gasteiger partial charge in [0.15, 0.2) is 0 Å². The summed E-state index contributed by atoms with van der Waals surface area (Å²) in [6.45, 7) is 0. The second-order valence-corrected chi connectivity index (χ2v) is 4.55. The van der Waals surface area contributed by atoms with Gasteiger partial charge in [0, 0.05) is 0 Å². The molecule has 0 spiro atoms. The van der Waals surface area contributed by atoms with E-state index < -0.39 is 0 Å². The van der Waals surface area contributed by atoms with Crippen molar-refractivity contribution < 1.29 is 0 Å². The first kappa shape index (κ1) is 9.05. The second-order valence-electron chi connectivity index (χ2n) is 4.55. The maximum absolute atomic E-state index is 2.35. The summed E-state index contributed by atoms with van der Waals surface area (Å²) in [6, 6.07) is 0. The third-order valence-corrected chi connectivity index (χ3v) is 3.44. The summed E-state index contributed by atoms with van der Waals surface area (Å²) in [7, 11) is 0. The molecule has 0 bridgehead atoms. The molecule has 0 aliphatic heterocycles. The minimum Gasteiger partial charge on any atom is -0.0882 e. The zero-order valence-electron chi connectivity index (χ0n) is 8.41. The van der Waals surface area contributed by atoms with Gasteiger partial charge in [-0.1, -0.05) is 30.7 Å². The van der Waals surface area contributed by atoms with Crippen molar-refractivity contribution in [3.05, 3.63) is 24.3 Å².